The van der Waals surface area contributed by atoms with Crippen LogP contribution >= 0.6 is 0 Å². The van der Waals surface area contributed by atoms with E-state index < -0.39 is 0 Å². The Morgan fingerprint density at radius 2 is 2.10 bits per heavy atom. The van der Waals surface area contributed by atoms with Gasteiger partial charge in [0.2, 0.25) is 11.7 Å². The quantitative estimate of drug-likeness (QED) is 0.672. The van der Waals surface area contributed by atoms with Crippen LogP contribution in [0, 0.1) is 5.92 Å². The van der Waals surface area contributed by atoms with Crippen LogP contribution in [0.4, 0.5) is 0 Å². The molecule has 2 saturated heterocycles. The van der Waals surface area contributed by atoms with Gasteiger partial charge in [-0.05, 0) is 39.2 Å². The van der Waals surface area contributed by atoms with E-state index in [1.807, 2.05) is 6.92 Å². The topological polar surface area (TPSA) is 97.5 Å². The number of hydrogen-bond donors (Lipinski definition) is 0. The summed E-state index contributed by atoms with van der Waals surface area (Å²) in [5.41, 5.74) is 0.613. The Labute approximate surface area is 170 Å². The summed E-state index contributed by atoms with van der Waals surface area (Å²) >= 11 is 0. The van der Waals surface area contributed by atoms with Gasteiger partial charge in [0.05, 0.1) is 25.3 Å². The summed E-state index contributed by atoms with van der Waals surface area (Å²) in [7, 11) is 0. The highest BCUT2D eigenvalue weighted by Gasteiger charge is 2.32. The second-order valence-corrected chi connectivity index (χ2v) is 7.70. The van der Waals surface area contributed by atoms with Crippen LogP contribution in [-0.2, 0) is 16.1 Å². The zero-order valence-corrected chi connectivity index (χ0v) is 16.9. The third-order valence-electron chi connectivity index (χ3n) is 5.77. The van der Waals surface area contributed by atoms with Crippen LogP contribution in [0.2, 0.25) is 0 Å². The fourth-order valence-corrected chi connectivity index (χ4v) is 4.26. The predicted molar refractivity (Wildman–Crippen MR) is 105 cm³/mol. The predicted octanol–water partition coefficient (Wildman–Crippen LogP) is 1.77. The lowest BCUT2D eigenvalue weighted by Gasteiger charge is -2.41. The van der Waals surface area contributed by atoms with Crippen LogP contribution in [0.5, 0.6) is 0 Å². The highest BCUT2D eigenvalue weighted by Crippen LogP contribution is 2.25. The zero-order chi connectivity index (χ0) is 20.1. The van der Waals surface area contributed by atoms with Gasteiger partial charge in [-0.3, -0.25) is 19.6 Å². The lowest BCUT2D eigenvalue weighted by molar-refractivity contribution is -0.150. The maximum absolute atomic E-state index is 12.1. The minimum absolute atomic E-state index is 0.0274. The van der Waals surface area contributed by atoms with Crippen LogP contribution in [0.25, 0.3) is 11.5 Å². The lowest BCUT2D eigenvalue weighted by Crippen LogP contribution is -2.49. The molecule has 0 unspecified atom stereocenters. The Morgan fingerprint density at radius 3 is 2.86 bits per heavy atom. The average molecular weight is 400 g/mol. The van der Waals surface area contributed by atoms with Crippen LogP contribution in [0.15, 0.2) is 23.1 Å². The van der Waals surface area contributed by atoms with E-state index in [4.69, 9.17) is 9.26 Å². The average Bonchev–Trinajstić information content (AvgIpc) is 3.24. The van der Waals surface area contributed by atoms with Crippen LogP contribution in [-0.4, -0.2) is 74.7 Å². The highest BCUT2D eigenvalue weighted by molar-refractivity contribution is 5.72. The Hall–Kier alpha value is -2.39. The number of hydrogen-bond acceptors (Lipinski definition) is 9. The number of carbonyl (C=O) groups excluding carboxylic acids is 1. The molecule has 4 rings (SSSR count). The minimum Gasteiger partial charge on any atom is -0.466 e. The van der Waals surface area contributed by atoms with Crippen molar-refractivity contribution in [2.24, 2.45) is 5.92 Å². The van der Waals surface area contributed by atoms with Crippen molar-refractivity contribution in [1.29, 1.82) is 0 Å². The number of esters is 1. The molecule has 2 aromatic rings. The van der Waals surface area contributed by atoms with Crippen molar-refractivity contribution in [3.8, 4) is 11.5 Å². The Morgan fingerprint density at radius 1 is 1.24 bits per heavy atom. The number of nitrogens with zero attached hydrogens (tertiary/aromatic N) is 6. The Balaban J connectivity index is 1.26. The van der Waals surface area contributed by atoms with Gasteiger partial charge >= 0.3 is 5.97 Å². The minimum atomic E-state index is -0.0371. The smallest absolute Gasteiger partial charge is 0.310 e. The number of likely N-dealkylation sites (tertiary alicyclic amines) is 2. The van der Waals surface area contributed by atoms with Crippen molar-refractivity contribution < 1.29 is 14.1 Å². The molecular formula is C20H28N6O3. The van der Waals surface area contributed by atoms with Crippen LogP contribution < -0.4 is 0 Å². The van der Waals surface area contributed by atoms with Gasteiger partial charge in [-0.1, -0.05) is 5.16 Å². The molecular weight excluding hydrogens is 372 g/mol. The second-order valence-electron chi connectivity index (χ2n) is 7.70. The van der Waals surface area contributed by atoms with Gasteiger partial charge < -0.3 is 9.26 Å². The molecule has 2 aliphatic rings. The van der Waals surface area contributed by atoms with Crippen molar-refractivity contribution in [1.82, 2.24) is 29.9 Å². The summed E-state index contributed by atoms with van der Waals surface area (Å²) in [6.45, 7) is 6.84. The van der Waals surface area contributed by atoms with Gasteiger partial charge in [0.25, 0.3) is 0 Å². The first kappa shape index (κ1) is 19.9. The Bertz CT molecular complexity index is 791. The molecule has 9 nitrogen and oxygen atoms in total. The van der Waals surface area contributed by atoms with Gasteiger partial charge in [0.15, 0.2) is 0 Å². The summed E-state index contributed by atoms with van der Waals surface area (Å²) in [5.74, 6) is 1.07. The van der Waals surface area contributed by atoms with Gasteiger partial charge in [0, 0.05) is 38.1 Å². The molecule has 2 fully saturated rings. The zero-order valence-electron chi connectivity index (χ0n) is 16.9. The molecule has 0 saturated carbocycles. The van der Waals surface area contributed by atoms with Crippen LogP contribution in [0.1, 0.15) is 38.5 Å². The molecule has 0 aliphatic carbocycles. The molecule has 2 aliphatic heterocycles. The van der Waals surface area contributed by atoms with E-state index in [-0.39, 0.29) is 11.9 Å². The molecule has 0 spiro atoms. The highest BCUT2D eigenvalue weighted by atomic mass is 16.5. The molecule has 0 bridgehead atoms. The van der Waals surface area contributed by atoms with Gasteiger partial charge in [-0.25, -0.2) is 4.98 Å². The van der Waals surface area contributed by atoms with Crippen molar-refractivity contribution in [2.45, 2.75) is 45.2 Å². The molecule has 0 radical (unpaired) electrons. The van der Waals surface area contributed by atoms with E-state index in [9.17, 15) is 4.79 Å². The lowest BCUT2D eigenvalue weighted by atomic mass is 9.94. The van der Waals surface area contributed by atoms with Gasteiger partial charge in [-0.2, -0.15) is 4.98 Å². The fraction of sp³-hybridized carbons (Fsp3) is 0.650. The molecule has 156 valence electrons. The summed E-state index contributed by atoms with van der Waals surface area (Å²) in [6.07, 6.45) is 9.04. The molecule has 29 heavy (non-hydrogen) atoms. The van der Waals surface area contributed by atoms with Crippen molar-refractivity contribution in [3.05, 3.63) is 24.5 Å². The first-order chi connectivity index (χ1) is 14.2. The molecule has 0 N–H and O–H groups in total. The molecule has 1 atom stereocenters. The number of aromatic nitrogens is 4. The van der Waals surface area contributed by atoms with Crippen LogP contribution in [0.3, 0.4) is 0 Å². The van der Waals surface area contributed by atoms with E-state index in [1.54, 1.807) is 18.6 Å². The Kier molecular flexibility index (Phi) is 6.46. The normalized spacial score (nSPS) is 21.9. The first-order valence-electron chi connectivity index (χ1n) is 10.4. The molecule has 2 aromatic heterocycles. The summed E-state index contributed by atoms with van der Waals surface area (Å²) in [6, 6.07) is 0.529. The largest absolute Gasteiger partial charge is 0.466 e. The number of rotatable bonds is 6. The number of piperidine rings is 2. The number of carbonyl (C=O) groups is 1. The molecule has 9 heteroatoms. The van der Waals surface area contributed by atoms with E-state index in [0.717, 1.165) is 51.9 Å². The summed E-state index contributed by atoms with van der Waals surface area (Å²) in [5, 5.41) is 4.01. The SMILES string of the molecule is CCOC(=O)[C@@H]1CCCN(C2CCN(Cc3nc(-c4cnccn4)no3)CC2)C1. The van der Waals surface area contributed by atoms with E-state index in [0.29, 0.717) is 36.6 Å². The second kappa shape index (κ2) is 9.41. The third kappa shape index (κ3) is 4.97. The molecule has 0 amide bonds. The van der Waals surface area contributed by atoms with Crippen molar-refractivity contribution in [3.63, 3.8) is 0 Å². The maximum Gasteiger partial charge on any atom is 0.310 e. The van der Waals surface area contributed by atoms with E-state index in [2.05, 4.69) is 29.9 Å². The van der Waals surface area contributed by atoms with Crippen molar-refractivity contribution >= 4 is 5.97 Å². The monoisotopic (exact) mass is 400 g/mol. The summed E-state index contributed by atoms with van der Waals surface area (Å²) in [4.78, 5) is 29.6. The molecule has 4 heterocycles. The van der Waals surface area contributed by atoms with Gasteiger partial charge in [0.1, 0.15) is 5.69 Å². The van der Waals surface area contributed by atoms with Gasteiger partial charge in [-0.15, -0.1) is 0 Å². The first-order valence-corrected chi connectivity index (χ1v) is 10.4. The maximum atomic E-state index is 12.1. The van der Waals surface area contributed by atoms with E-state index >= 15 is 0 Å². The van der Waals surface area contributed by atoms with E-state index in [1.165, 1.54) is 0 Å². The fourth-order valence-electron chi connectivity index (χ4n) is 4.26. The molecule has 0 aromatic carbocycles. The number of ether oxygens (including phenoxy) is 1. The third-order valence-corrected chi connectivity index (χ3v) is 5.77. The summed E-state index contributed by atoms with van der Waals surface area (Å²) < 4.78 is 10.6. The standard InChI is InChI=1S/C20H28N6O3/c1-2-28-20(27)15-4-3-9-26(13-15)16-5-10-25(11-6-16)14-18-23-19(24-29-18)17-12-21-7-8-22-17/h7-8,12,15-16H,2-6,9-11,13-14H2,1H3/t15-/m1/s1. The van der Waals surface area contributed by atoms with Crippen molar-refractivity contribution in [2.75, 3.05) is 32.8 Å².